The molecule has 1 aromatic carbocycles. The fourth-order valence-corrected chi connectivity index (χ4v) is 3.94. The summed E-state index contributed by atoms with van der Waals surface area (Å²) in [4.78, 5) is 18.2. The second-order valence-corrected chi connectivity index (χ2v) is 8.20. The number of hydrogen-bond acceptors (Lipinski definition) is 8. The highest BCUT2D eigenvalue weighted by atomic mass is 16.5. The number of nitrogens with one attached hydrogen (secondary N) is 1. The third-order valence-corrected chi connectivity index (χ3v) is 5.91. The zero-order valence-corrected chi connectivity index (χ0v) is 20.0. The van der Waals surface area contributed by atoms with E-state index in [9.17, 15) is 4.79 Å². The molecule has 2 aliphatic heterocycles. The van der Waals surface area contributed by atoms with E-state index in [1.807, 2.05) is 0 Å². The van der Waals surface area contributed by atoms with Gasteiger partial charge in [-0.05, 0) is 24.3 Å². The normalized spacial score (nSPS) is 21.3. The lowest BCUT2D eigenvalue weighted by molar-refractivity contribution is -0.130. The van der Waals surface area contributed by atoms with Gasteiger partial charge in [-0.15, -0.1) is 0 Å². The summed E-state index contributed by atoms with van der Waals surface area (Å²) in [6.07, 6.45) is 0. The van der Waals surface area contributed by atoms with Gasteiger partial charge in [-0.1, -0.05) is 0 Å². The predicted molar refractivity (Wildman–Crippen MR) is 129 cm³/mol. The van der Waals surface area contributed by atoms with Crippen LogP contribution in [0, 0.1) is 0 Å². The first kappa shape index (κ1) is 25.7. The van der Waals surface area contributed by atoms with Gasteiger partial charge < -0.3 is 39.0 Å². The molecule has 2 fully saturated rings. The third-order valence-electron chi connectivity index (χ3n) is 5.91. The van der Waals surface area contributed by atoms with Crippen LogP contribution in [0.2, 0.25) is 0 Å². The van der Waals surface area contributed by atoms with Crippen molar-refractivity contribution in [3.8, 4) is 0 Å². The maximum Gasteiger partial charge on any atom is 0.219 e. The number of carbonyl (C=O) groups is 1. The van der Waals surface area contributed by atoms with E-state index in [1.165, 1.54) is 11.4 Å². The summed E-state index contributed by atoms with van der Waals surface area (Å²) in [6, 6.07) is 8.80. The summed E-state index contributed by atoms with van der Waals surface area (Å²) in [6.45, 7) is 12.8. The van der Waals surface area contributed by atoms with Crippen LogP contribution in [-0.4, -0.2) is 116 Å². The van der Waals surface area contributed by atoms with Gasteiger partial charge in [0.1, 0.15) is 0 Å². The van der Waals surface area contributed by atoms with Crippen molar-refractivity contribution in [1.82, 2.24) is 10.2 Å². The first-order valence-electron chi connectivity index (χ1n) is 12.1. The molecule has 3 rings (SSSR count). The first-order valence-corrected chi connectivity index (χ1v) is 12.1. The van der Waals surface area contributed by atoms with Gasteiger partial charge in [0.15, 0.2) is 0 Å². The summed E-state index contributed by atoms with van der Waals surface area (Å²) >= 11 is 0. The summed E-state index contributed by atoms with van der Waals surface area (Å²) < 4.78 is 22.9. The molecule has 0 bridgehead atoms. The number of rotatable bonds is 2. The number of nitrogens with zero attached hydrogens (tertiary/aromatic N) is 3. The van der Waals surface area contributed by atoms with Crippen LogP contribution in [0.15, 0.2) is 24.3 Å². The topological polar surface area (TPSA) is 75.7 Å². The van der Waals surface area contributed by atoms with Crippen LogP contribution in [-0.2, 0) is 23.7 Å². The van der Waals surface area contributed by atoms with Gasteiger partial charge in [-0.2, -0.15) is 0 Å². The van der Waals surface area contributed by atoms with Crippen molar-refractivity contribution < 1.29 is 23.7 Å². The van der Waals surface area contributed by atoms with Crippen molar-refractivity contribution in [1.29, 1.82) is 0 Å². The van der Waals surface area contributed by atoms with Crippen molar-refractivity contribution in [2.45, 2.75) is 6.92 Å². The van der Waals surface area contributed by atoms with E-state index >= 15 is 0 Å². The van der Waals surface area contributed by atoms with Gasteiger partial charge in [0, 0.05) is 70.7 Å². The molecular formula is C24H40N4O5. The van der Waals surface area contributed by atoms with Gasteiger partial charge in [-0.3, -0.25) is 4.79 Å². The SMILES string of the molecule is CC(=O)N1CCOCCOCCN(c2ccc(N3CCNCC3)cc2)CCOCCOCC1. The highest BCUT2D eigenvalue weighted by Crippen LogP contribution is 2.21. The van der Waals surface area contributed by atoms with Crippen LogP contribution < -0.4 is 15.1 Å². The average molecular weight is 465 g/mol. The molecule has 1 aromatic rings. The molecule has 33 heavy (non-hydrogen) atoms. The van der Waals surface area contributed by atoms with Gasteiger partial charge in [0.25, 0.3) is 0 Å². The summed E-state index contributed by atoms with van der Waals surface area (Å²) in [5.74, 6) is 0.0326. The zero-order chi connectivity index (χ0) is 23.1. The Morgan fingerprint density at radius 3 is 1.45 bits per heavy atom. The number of carbonyl (C=O) groups excluding carboxylic acids is 1. The standard InChI is InChI=1S/C24H40N4O5/c1-22(29)26-10-14-30-18-20-32-16-12-28(13-17-33-21-19-31-15-11-26)24-4-2-23(3-5-24)27-8-6-25-7-9-27/h2-5,25H,6-21H2,1H3. The fourth-order valence-electron chi connectivity index (χ4n) is 3.94. The van der Waals surface area contributed by atoms with Crippen molar-refractivity contribution >= 4 is 17.3 Å². The van der Waals surface area contributed by atoms with E-state index in [1.54, 1.807) is 11.8 Å². The molecule has 186 valence electrons. The molecular weight excluding hydrogens is 424 g/mol. The lowest BCUT2D eigenvalue weighted by atomic mass is 10.2. The largest absolute Gasteiger partial charge is 0.377 e. The Hall–Kier alpha value is -1.91. The molecule has 0 aromatic heterocycles. The quantitative estimate of drug-likeness (QED) is 0.690. The third kappa shape index (κ3) is 9.46. The maximum atomic E-state index is 11.7. The highest BCUT2D eigenvalue weighted by molar-refractivity contribution is 5.73. The van der Waals surface area contributed by atoms with Gasteiger partial charge >= 0.3 is 0 Å². The molecule has 1 amide bonds. The van der Waals surface area contributed by atoms with E-state index < -0.39 is 0 Å². The maximum absolute atomic E-state index is 11.7. The van der Waals surface area contributed by atoms with Gasteiger partial charge in [0.05, 0.1) is 52.9 Å². The minimum atomic E-state index is 0.0326. The summed E-state index contributed by atoms with van der Waals surface area (Å²) in [5, 5.41) is 3.40. The molecule has 0 saturated carbocycles. The van der Waals surface area contributed by atoms with Crippen molar-refractivity contribution in [2.75, 3.05) is 115 Å². The minimum absolute atomic E-state index is 0.0326. The molecule has 0 aliphatic carbocycles. The molecule has 0 radical (unpaired) electrons. The number of anilines is 2. The van der Waals surface area contributed by atoms with Crippen molar-refractivity contribution in [3.63, 3.8) is 0 Å². The molecule has 2 saturated heterocycles. The lowest BCUT2D eigenvalue weighted by Crippen LogP contribution is -2.43. The predicted octanol–water partition coefficient (Wildman–Crippen LogP) is 0.831. The van der Waals surface area contributed by atoms with E-state index in [0.29, 0.717) is 65.9 Å². The highest BCUT2D eigenvalue weighted by Gasteiger charge is 2.12. The second kappa shape index (κ2) is 15.1. The molecule has 2 aliphatic rings. The van der Waals surface area contributed by atoms with Crippen LogP contribution in [0.5, 0.6) is 0 Å². The number of amides is 1. The van der Waals surface area contributed by atoms with Gasteiger partial charge in [-0.25, -0.2) is 0 Å². The number of benzene rings is 1. The fraction of sp³-hybridized carbons (Fsp3) is 0.708. The van der Waals surface area contributed by atoms with E-state index in [-0.39, 0.29) is 5.91 Å². The van der Waals surface area contributed by atoms with E-state index in [4.69, 9.17) is 18.9 Å². The van der Waals surface area contributed by atoms with Crippen LogP contribution in [0.4, 0.5) is 11.4 Å². The van der Waals surface area contributed by atoms with Gasteiger partial charge in [0.2, 0.25) is 5.91 Å². The van der Waals surface area contributed by atoms with Crippen LogP contribution in [0.3, 0.4) is 0 Å². The Balaban J connectivity index is 1.50. The molecule has 2 heterocycles. The van der Waals surface area contributed by atoms with Crippen LogP contribution in [0.25, 0.3) is 0 Å². The summed E-state index contributed by atoms with van der Waals surface area (Å²) in [7, 11) is 0. The molecule has 0 spiro atoms. The minimum Gasteiger partial charge on any atom is -0.377 e. The average Bonchev–Trinajstić information content (AvgIpc) is 2.84. The monoisotopic (exact) mass is 464 g/mol. The number of ether oxygens (including phenoxy) is 4. The first-order chi connectivity index (χ1) is 16.2. The number of piperazine rings is 1. The van der Waals surface area contributed by atoms with Crippen LogP contribution >= 0.6 is 0 Å². The summed E-state index contributed by atoms with van der Waals surface area (Å²) in [5.41, 5.74) is 2.44. The Morgan fingerprint density at radius 1 is 0.636 bits per heavy atom. The molecule has 0 unspecified atom stereocenters. The second-order valence-electron chi connectivity index (χ2n) is 8.20. The molecule has 1 N–H and O–H groups in total. The van der Waals surface area contributed by atoms with Crippen molar-refractivity contribution in [2.24, 2.45) is 0 Å². The zero-order valence-electron chi connectivity index (χ0n) is 20.0. The molecule has 9 nitrogen and oxygen atoms in total. The van der Waals surface area contributed by atoms with Crippen LogP contribution in [0.1, 0.15) is 6.92 Å². The Kier molecular flexibility index (Phi) is 11.7. The van der Waals surface area contributed by atoms with E-state index in [0.717, 1.165) is 39.3 Å². The Bertz CT molecular complexity index is 649. The Labute approximate surface area is 197 Å². The molecule has 0 atom stereocenters. The Morgan fingerprint density at radius 2 is 1.03 bits per heavy atom. The van der Waals surface area contributed by atoms with E-state index in [2.05, 4.69) is 39.4 Å². The van der Waals surface area contributed by atoms with Crippen molar-refractivity contribution in [3.05, 3.63) is 24.3 Å². The molecule has 9 heteroatoms. The lowest BCUT2D eigenvalue weighted by Gasteiger charge is -2.30. The number of hydrogen-bond donors (Lipinski definition) is 1. The smallest absolute Gasteiger partial charge is 0.219 e.